The molecule has 1 unspecified atom stereocenters. The van der Waals surface area contributed by atoms with E-state index in [1.165, 1.54) is 0 Å². The number of nitrogens with zero attached hydrogens (tertiary/aromatic N) is 3. The number of imide groups is 2. The molecule has 0 aliphatic carbocycles. The average molecular weight is 716 g/mol. The van der Waals surface area contributed by atoms with Crippen molar-refractivity contribution in [2.75, 3.05) is 26.2 Å². The van der Waals surface area contributed by atoms with E-state index in [0.717, 1.165) is 23.1 Å². The van der Waals surface area contributed by atoms with Crippen LogP contribution in [0, 0.1) is 58.2 Å². The number of piperazine rings is 1. The summed E-state index contributed by atoms with van der Waals surface area (Å²) in [5.41, 5.74) is -4.44. The molecule has 0 saturated carbocycles. The van der Waals surface area contributed by atoms with Crippen LogP contribution in [-0.2, 0) is 9.59 Å². The standard InChI is InChI=1S/C31H18F10N4O5/c32-17-15(18(33)22(37)25(40)21(17)36)27(16-19(34)23(38)26(41)24(39)20(16)35)43-5-7-44(8-6-43)29(48)10-1-2-11-12(9-10)31(50)45(30(11)49)13-3-4-14(46)42-28(13)47/h1-2,9,13,27H,3-8H2,(H,42,46,47). The van der Waals surface area contributed by atoms with E-state index >= 15 is 17.6 Å². The first-order chi connectivity index (χ1) is 23.6. The van der Waals surface area contributed by atoms with E-state index in [2.05, 4.69) is 0 Å². The molecule has 0 spiro atoms. The van der Waals surface area contributed by atoms with Crippen LogP contribution in [0.3, 0.4) is 0 Å². The fourth-order valence-electron chi connectivity index (χ4n) is 6.20. The van der Waals surface area contributed by atoms with Crippen molar-refractivity contribution >= 4 is 29.5 Å². The minimum atomic E-state index is -2.77. The number of nitrogens with one attached hydrogen (secondary N) is 1. The molecule has 5 amide bonds. The maximum absolute atomic E-state index is 15.0. The number of piperidine rings is 1. The Morgan fingerprint density at radius 2 is 1.10 bits per heavy atom. The number of rotatable bonds is 5. The van der Waals surface area contributed by atoms with Crippen LogP contribution in [0.4, 0.5) is 43.9 Å². The van der Waals surface area contributed by atoms with Crippen molar-refractivity contribution in [2.45, 2.75) is 24.9 Å². The molecule has 1 atom stereocenters. The first kappa shape index (κ1) is 34.5. The largest absolute Gasteiger partial charge is 0.336 e. The Balaban J connectivity index is 1.30. The van der Waals surface area contributed by atoms with Crippen LogP contribution >= 0.6 is 0 Å². The molecule has 262 valence electrons. The molecule has 3 aliphatic heterocycles. The summed E-state index contributed by atoms with van der Waals surface area (Å²) in [4.78, 5) is 65.7. The zero-order chi connectivity index (χ0) is 36.5. The van der Waals surface area contributed by atoms with Crippen molar-refractivity contribution in [1.82, 2.24) is 20.0 Å². The number of hydrogen-bond donors (Lipinski definition) is 1. The van der Waals surface area contributed by atoms with Gasteiger partial charge in [-0.2, -0.15) is 0 Å². The topological polar surface area (TPSA) is 107 Å². The van der Waals surface area contributed by atoms with Gasteiger partial charge in [-0.3, -0.25) is 39.1 Å². The number of hydrogen-bond acceptors (Lipinski definition) is 6. The van der Waals surface area contributed by atoms with Crippen molar-refractivity contribution < 1.29 is 67.9 Å². The summed E-state index contributed by atoms with van der Waals surface area (Å²) in [6, 6.07) is -0.742. The van der Waals surface area contributed by atoms with Gasteiger partial charge >= 0.3 is 0 Å². The highest BCUT2D eigenvalue weighted by Gasteiger charge is 2.45. The first-order valence-electron chi connectivity index (χ1n) is 14.5. The Hall–Kier alpha value is -5.33. The number of halogens is 10. The van der Waals surface area contributed by atoms with Gasteiger partial charge in [0.2, 0.25) is 23.4 Å². The molecule has 2 fully saturated rings. The molecule has 0 aromatic heterocycles. The molecule has 3 heterocycles. The van der Waals surface area contributed by atoms with Crippen LogP contribution in [-0.4, -0.2) is 76.5 Å². The maximum atomic E-state index is 15.0. The number of carbonyl (C=O) groups is 5. The van der Waals surface area contributed by atoms with Gasteiger partial charge in [-0.15, -0.1) is 0 Å². The Kier molecular flexibility index (Phi) is 8.65. The van der Waals surface area contributed by atoms with Crippen molar-refractivity contribution in [3.63, 3.8) is 0 Å². The van der Waals surface area contributed by atoms with Gasteiger partial charge in [-0.05, 0) is 24.6 Å². The molecular weight excluding hydrogens is 698 g/mol. The Bertz CT molecular complexity index is 1920. The van der Waals surface area contributed by atoms with E-state index < -0.39 is 137 Å². The highest BCUT2D eigenvalue weighted by atomic mass is 19.2. The highest BCUT2D eigenvalue weighted by Crippen LogP contribution is 2.40. The third-order valence-electron chi connectivity index (χ3n) is 8.69. The molecule has 19 heteroatoms. The molecule has 3 aromatic carbocycles. The fourth-order valence-corrected chi connectivity index (χ4v) is 6.20. The predicted molar refractivity (Wildman–Crippen MR) is 145 cm³/mol. The second-order valence-electron chi connectivity index (χ2n) is 11.4. The lowest BCUT2D eigenvalue weighted by Gasteiger charge is -2.40. The van der Waals surface area contributed by atoms with E-state index in [1.54, 1.807) is 0 Å². The third-order valence-corrected chi connectivity index (χ3v) is 8.69. The average Bonchev–Trinajstić information content (AvgIpc) is 3.35. The van der Waals surface area contributed by atoms with Gasteiger partial charge in [0.05, 0.1) is 28.3 Å². The zero-order valence-electron chi connectivity index (χ0n) is 24.8. The predicted octanol–water partition coefficient (Wildman–Crippen LogP) is 4.03. The van der Waals surface area contributed by atoms with Gasteiger partial charge in [0.1, 0.15) is 6.04 Å². The summed E-state index contributed by atoms with van der Waals surface area (Å²) in [5.74, 6) is -30.0. The van der Waals surface area contributed by atoms with Gasteiger partial charge < -0.3 is 4.90 Å². The number of amides is 5. The number of fused-ring (bicyclic) bond motifs is 1. The SMILES string of the molecule is O=C1CCC(N2C(=O)c3ccc(C(=O)N4CCN(C(c5c(F)c(F)c(F)c(F)c5F)c5c(F)c(F)c(F)c(F)c5F)CC4)cc3C2=O)C(=O)N1. The van der Waals surface area contributed by atoms with Gasteiger partial charge in [-0.25, -0.2) is 43.9 Å². The van der Waals surface area contributed by atoms with Crippen LogP contribution in [0.1, 0.15) is 61.1 Å². The molecular formula is C31H18F10N4O5. The molecule has 6 rings (SSSR count). The molecule has 9 nitrogen and oxygen atoms in total. The lowest BCUT2D eigenvalue weighted by molar-refractivity contribution is -0.136. The Labute approximate surface area is 273 Å². The molecule has 0 radical (unpaired) electrons. The third kappa shape index (κ3) is 5.26. The second-order valence-corrected chi connectivity index (χ2v) is 11.4. The van der Waals surface area contributed by atoms with E-state index in [1.807, 2.05) is 5.32 Å². The molecule has 3 aliphatic rings. The highest BCUT2D eigenvalue weighted by molar-refractivity contribution is 6.24. The molecule has 1 N–H and O–H groups in total. The van der Waals surface area contributed by atoms with Gasteiger partial charge in [0.25, 0.3) is 17.7 Å². The summed E-state index contributed by atoms with van der Waals surface area (Å²) < 4.78 is 145. The summed E-state index contributed by atoms with van der Waals surface area (Å²) in [6.45, 7) is -2.37. The molecule has 50 heavy (non-hydrogen) atoms. The van der Waals surface area contributed by atoms with Gasteiger partial charge in [0.15, 0.2) is 46.5 Å². The fraction of sp³-hybridized carbons (Fsp3) is 0.258. The minimum absolute atomic E-state index is 0.136. The Morgan fingerprint density at radius 1 is 0.640 bits per heavy atom. The molecule has 0 bridgehead atoms. The summed E-state index contributed by atoms with van der Waals surface area (Å²) in [6.07, 6.45) is -0.280. The van der Waals surface area contributed by atoms with Gasteiger partial charge in [0, 0.05) is 38.2 Å². The summed E-state index contributed by atoms with van der Waals surface area (Å²) >= 11 is 0. The first-order valence-corrected chi connectivity index (χ1v) is 14.5. The van der Waals surface area contributed by atoms with E-state index in [4.69, 9.17) is 0 Å². The number of carbonyl (C=O) groups excluding carboxylic acids is 5. The lowest BCUT2D eigenvalue weighted by Crippen LogP contribution is -2.54. The van der Waals surface area contributed by atoms with Crippen molar-refractivity contribution in [1.29, 1.82) is 0 Å². The van der Waals surface area contributed by atoms with Crippen molar-refractivity contribution in [2.24, 2.45) is 0 Å². The smallest absolute Gasteiger partial charge is 0.262 e. The second kappa shape index (κ2) is 12.5. The van der Waals surface area contributed by atoms with E-state index in [0.29, 0.717) is 9.80 Å². The van der Waals surface area contributed by atoms with Crippen molar-refractivity contribution in [3.05, 3.63) is 104 Å². The van der Waals surface area contributed by atoms with Crippen LogP contribution in [0.15, 0.2) is 18.2 Å². The van der Waals surface area contributed by atoms with Crippen LogP contribution in [0.2, 0.25) is 0 Å². The van der Waals surface area contributed by atoms with E-state index in [-0.39, 0.29) is 29.5 Å². The maximum Gasteiger partial charge on any atom is 0.262 e. The minimum Gasteiger partial charge on any atom is -0.336 e. The quantitative estimate of drug-likeness (QED) is 0.185. The number of benzene rings is 3. The molecule has 3 aromatic rings. The summed E-state index contributed by atoms with van der Waals surface area (Å²) in [5, 5.41) is 2.03. The van der Waals surface area contributed by atoms with Crippen LogP contribution in [0.25, 0.3) is 0 Å². The lowest BCUT2D eigenvalue weighted by atomic mass is 9.93. The monoisotopic (exact) mass is 716 g/mol. The van der Waals surface area contributed by atoms with E-state index in [9.17, 15) is 50.3 Å². The molecule has 2 saturated heterocycles. The van der Waals surface area contributed by atoms with Crippen molar-refractivity contribution in [3.8, 4) is 0 Å². The van der Waals surface area contributed by atoms with Crippen LogP contribution < -0.4 is 5.32 Å². The normalized spacial score (nSPS) is 18.3. The van der Waals surface area contributed by atoms with Crippen LogP contribution in [0.5, 0.6) is 0 Å². The zero-order valence-corrected chi connectivity index (χ0v) is 24.8. The summed E-state index contributed by atoms with van der Waals surface area (Å²) in [7, 11) is 0. The van der Waals surface area contributed by atoms with Gasteiger partial charge in [-0.1, -0.05) is 0 Å². The Morgan fingerprint density at radius 3 is 1.58 bits per heavy atom.